The van der Waals surface area contributed by atoms with Crippen LogP contribution < -0.4 is 0 Å². The fourth-order valence-electron chi connectivity index (χ4n) is 3.31. The van der Waals surface area contributed by atoms with Gasteiger partial charge in [-0.25, -0.2) is 8.42 Å². The number of amides is 1. The summed E-state index contributed by atoms with van der Waals surface area (Å²) in [6, 6.07) is 4.79. The summed E-state index contributed by atoms with van der Waals surface area (Å²) in [6.45, 7) is 2.60. The maximum absolute atomic E-state index is 12.6. The van der Waals surface area contributed by atoms with Gasteiger partial charge in [-0.1, -0.05) is 6.07 Å². The monoisotopic (exact) mass is 313 g/mol. The number of carbonyl (C=O) groups is 1. The highest BCUT2D eigenvalue weighted by molar-refractivity contribution is 8.13. The van der Waals surface area contributed by atoms with Crippen molar-refractivity contribution in [3.8, 4) is 0 Å². The van der Waals surface area contributed by atoms with Gasteiger partial charge in [0.2, 0.25) is 0 Å². The molecule has 1 aliphatic heterocycles. The van der Waals surface area contributed by atoms with Gasteiger partial charge in [0.1, 0.15) is 0 Å². The van der Waals surface area contributed by atoms with Crippen LogP contribution in [0.5, 0.6) is 0 Å². The zero-order valence-corrected chi connectivity index (χ0v) is 12.7. The quantitative estimate of drug-likeness (QED) is 0.788. The van der Waals surface area contributed by atoms with Gasteiger partial charge >= 0.3 is 0 Å². The molecule has 4 nitrogen and oxygen atoms in total. The molecule has 0 spiro atoms. The van der Waals surface area contributed by atoms with Crippen LogP contribution in [0.25, 0.3) is 0 Å². The Morgan fingerprint density at radius 2 is 2.10 bits per heavy atom. The van der Waals surface area contributed by atoms with Crippen LogP contribution in [-0.2, 0) is 9.05 Å². The Labute approximate surface area is 123 Å². The summed E-state index contributed by atoms with van der Waals surface area (Å²) >= 11 is 0. The Hall–Kier alpha value is -1.07. The van der Waals surface area contributed by atoms with Gasteiger partial charge in [0.25, 0.3) is 15.0 Å². The lowest BCUT2D eigenvalue weighted by Crippen LogP contribution is -2.38. The van der Waals surface area contributed by atoms with Crippen molar-refractivity contribution >= 4 is 25.6 Å². The molecule has 1 heterocycles. The van der Waals surface area contributed by atoms with E-state index in [1.807, 2.05) is 11.8 Å². The molecule has 2 fully saturated rings. The molecule has 20 heavy (non-hydrogen) atoms. The fourth-order valence-corrected chi connectivity index (χ4v) is 4.09. The van der Waals surface area contributed by atoms with Crippen LogP contribution in [0.4, 0.5) is 0 Å². The number of aryl methyl sites for hydroxylation is 1. The third-order valence-electron chi connectivity index (χ3n) is 4.39. The van der Waals surface area contributed by atoms with Gasteiger partial charge in [-0.15, -0.1) is 0 Å². The molecule has 1 aliphatic carbocycles. The Balaban J connectivity index is 1.95. The zero-order valence-electron chi connectivity index (χ0n) is 11.2. The summed E-state index contributed by atoms with van der Waals surface area (Å²) in [7, 11) is 1.55. The second-order valence-corrected chi connectivity index (χ2v) is 8.27. The molecule has 6 heteroatoms. The van der Waals surface area contributed by atoms with E-state index in [4.69, 9.17) is 10.7 Å². The fraction of sp³-hybridized carbons (Fsp3) is 0.500. The van der Waals surface area contributed by atoms with Crippen LogP contribution in [0.1, 0.15) is 35.2 Å². The number of rotatable bonds is 2. The average Bonchev–Trinajstić information content (AvgIpc) is 2.99. The van der Waals surface area contributed by atoms with Crippen molar-refractivity contribution in [3.63, 3.8) is 0 Å². The Morgan fingerprint density at radius 1 is 1.35 bits per heavy atom. The normalized spacial score (nSPS) is 25.2. The minimum Gasteiger partial charge on any atom is -0.335 e. The van der Waals surface area contributed by atoms with Crippen molar-refractivity contribution in [2.24, 2.45) is 5.92 Å². The molecule has 1 aromatic rings. The first kappa shape index (κ1) is 13.9. The molecule has 1 saturated carbocycles. The van der Waals surface area contributed by atoms with Gasteiger partial charge < -0.3 is 4.90 Å². The standard InChI is InChI=1S/C14H16ClNO3S/c1-9-2-5-12(20(15,18)19)7-13(9)14(17)16-8-10-3-4-11(16)6-10/h2,5,7,10-11H,3-4,6,8H2,1H3. The number of benzene rings is 1. The van der Waals surface area contributed by atoms with Crippen molar-refractivity contribution < 1.29 is 13.2 Å². The average molecular weight is 314 g/mol. The second-order valence-electron chi connectivity index (χ2n) is 5.70. The summed E-state index contributed by atoms with van der Waals surface area (Å²) < 4.78 is 22.8. The smallest absolute Gasteiger partial charge is 0.261 e. The summed E-state index contributed by atoms with van der Waals surface area (Å²) in [5, 5.41) is 0. The van der Waals surface area contributed by atoms with Gasteiger partial charge in [0.15, 0.2) is 0 Å². The molecular weight excluding hydrogens is 298 g/mol. The van der Waals surface area contributed by atoms with E-state index in [9.17, 15) is 13.2 Å². The minimum atomic E-state index is -3.81. The van der Waals surface area contributed by atoms with Crippen LogP contribution in [0.2, 0.25) is 0 Å². The van der Waals surface area contributed by atoms with Crippen molar-refractivity contribution in [1.29, 1.82) is 0 Å². The van der Waals surface area contributed by atoms with Gasteiger partial charge in [0, 0.05) is 28.8 Å². The number of hydrogen-bond donors (Lipinski definition) is 0. The number of nitrogens with zero attached hydrogens (tertiary/aromatic N) is 1. The van der Waals surface area contributed by atoms with E-state index >= 15 is 0 Å². The number of piperidine rings is 1. The van der Waals surface area contributed by atoms with E-state index in [1.165, 1.54) is 18.6 Å². The van der Waals surface area contributed by atoms with Crippen LogP contribution in [-0.4, -0.2) is 31.8 Å². The molecule has 0 radical (unpaired) electrons. The lowest BCUT2D eigenvalue weighted by molar-refractivity contribution is 0.0702. The molecule has 2 atom stereocenters. The van der Waals surface area contributed by atoms with Crippen molar-refractivity contribution in [2.45, 2.75) is 37.1 Å². The van der Waals surface area contributed by atoms with Crippen LogP contribution >= 0.6 is 10.7 Å². The summed E-state index contributed by atoms with van der Waals surface area (Å²) in [4.78, 5) is 14.5. The first-order chi connectivity index (χ1) is 9.36. The Kier molecular flexibility index (Phi) is 3.29. The molecule has 1 amide bonds. The first-order valence-electron chi connectivity index (χ1n) is 6.72. The summed E-state index contributed by atoms with van der Waals surface area (Å²) in [5.41, 5.74) is 1.22. The SMILES string of the molecule is Cc1ccc(S(=O)(=O)Cl)cc1C(=O)N1CC2CCC1C2. The van der Waals surface area contributed by atoms with Gasteiger partial charge in [-0.2, -0.15) is 0 Å². The predicted molar refractivity (Wildman–Crippen MR) is 76.4 cm³/mol. The molecule has 1 aromatic carbocycles. The number of hydrogen-bond acceptors (Lipinski definition) is 3. The van der Waals surface area contributed by atoms with Crippen molar-refractivity contribution in [3.05, 3.63) is 29.3 Å². The number of fused-ring (bicyclic) bond motifs is 2. The molecule has 1 saturated heterocycles. The largest absolute Gasteiger partial charge is 0.335 e. The van der Waals surface area contributed by atoms with E-state index in [2.05, 4.69) is 0 Å². The maximum Gasteiger partial charge on any atom is 0.261 e. The minimum absolute atomic E-state index is 0.0162. The maximum atomic E-state index is 12.6. The van der Waals surface area contributed by atoms with Crippen LogP contribution in [0.15, 0.2) is 23.1 Å². The van der Waals surface area contributed by atoms with E-state index in [0.717, 1.165) is 24.9 Å². The van der Waals surface area contributed by atoms with E-state index < -0.39 is 9.05 Å². The molecular formula is C14H16ClNO3S. The third-order valence-corrected chi connectivity index (χ3v) is 5.74. The van der Waals surface area contributed by atoms with Gasteiger partial charge in [-0.3, -0.25) is 4.79 Å². The van der Waals surface area contributed by atoms with Crippen LogP contribution in [0, 0.1) is 12.8 Å². The summed E-state index contributed by atoms with van der Waals surface area (Å²) in [6.07, 6.45) is 3.34. The lowest BCUT2D eigenvalue weighted by atomic mass is 10.1. The summed E-state index contributed by atoms with van der Waals surface area (Å²) in [5.74, 6) is 0.543. The first-order valence-corrected chi connectivity index (χ1v) is 9.03. The molecule has 2 aliphatic rings. The zero-order chi connectivity index (χ0) is 14.5. The third kappa shape index (κ3) is 2.33. The van der Waals surface area contributed by atoms with Crippen molar-refractivity contribution in [2.75, 3.05) is 6.54 Å². The van der Waals surface area contributed by atoms with Gasteiger partial charge in [-0.05, 0) is 49.8 Å². The predicted octanol–water partition coefficient (Wildman–Crippen LogP) is 2.55. The Morgan fingerprint density at radius 3 is 2.65 bits per heavy atom. The van der Waals surface area contributed by atoms with Crippen molar-refractivity contribution in [1.82, 2.24) is 4.90 Å². The molecule has 0 N–H and O–H groups in total. The highest BCUT2D eigenvalue weighted by atomic mass is 35.7. The van der Waals surface area contributed by atoms with Crippen LogP contribution in [0.3, 0.4) is 0 Å². The topological polar surface area (TPSA) is 54.5 Å². The highest BCUT2D eigenvalue weighted by Crippen LogP contribution is 2.38. The highest BCUT2D eigenvalue weighted by Gasteiger charge is 2.40. The Bertz CT molecular complexity index is 671. The lowest BCUT2D eigenvalue weighted by Gasteiger charge is -2.27. The van der Waals surface area contributed by atoms with E-state index in [1.54, 1.807) is 6.07 Å². The van der Waals surface area contributed by atoms with E-state index in [-0.39, 0.29) is 10.8 Å². The molecule has 2 bridgehead atoms. The molecule has 3 rings (SSSR count). The number of carbonyl (C=O) groups excluding carboxylic acids is 1. The number of halogens is 1. The number of likely N-dealkylation sites (tertiary alicyclic amines) is 1. The molecule has 2 unspecified atom stereocenters. The molecule has 108 valence electrons. The molecule has 0 aromatic heterocycles. The van der Waals surface area contributed by atoms with Gasteiger partial charge in [0.05, 0.1) is 4.90 Å². The van der Waals surface area contributed by atoms with E-state index in [0.29, 0.717) is 17.5 Å². The second kappa shape index (κ2) is 4.74.